The minimum absolute atomic E-state index is 0.0242. The molecule has 1 aromatic heterocycles. The number of rotatable bonds is 6. The van der Waals surface area contributed by atoms with E-state index in [2.05, 4.69) is 4.98 Å². The van der Waals surface area contributed by atoms with Crippen LogP contribution >= 0.6 is 23.1 Å². The molecule has 3 amide bonds. The molecule has 0 spiro atoms. The first-order valence-electron chi connectivity index (χ1n) is 14.2. The molecule has 8 atom stereocenters. The number of hydrogen-bond acceptors (Lipinski definition) is 8. The number of amides is 3. The maximum absolute atomic E-state index is 13.6. The summed E-state index contributed by atoms with van der Waals surface area (Å²) >= 11 is 2.73. The van der Waals surface area contributed by atoms with E-state index >= 15 is 0 Å². The van der Waals surface area contributed by atoms with Crippen molar-refractivity contribution in [3.63, 3.8) is 0 Å². The zero-order chi connectivity index (χ0) is 28.6. The number of carboxylic acids is 1. The van der Waals surface area contributed by atoms with Crippen molar-refractivity contribution in [2.45, 2.75) is 54.8 Å². The maximum atomic E-state index is 13.6. The molecule has 2 bridgehead atoms. The average molecular weight is 598 g/mol. The molecule has 4 fully saturated rings. The number of thioether (sulfide) groups is 1. The van der Waals surface area contributed by atoms with Crippen molar-refractivity contribution in [1.29, 1.82) is 0 Å². The molecule has 2 saturated carbocycles. The van der Waals surface area contributed by atoms with E-state index in [0.29, 0.717) is 12.2 Å². The molecular formula is C29H31N3O7S2. The van der Waals surface area contributed by atoms with Crippen molar-refractivity contribution in [2.75, 3.05) is 19.7 Å². The molecule has 216 valence electrons. The molecule has 2 aliphatic carbocycles. The van der Waals surface area contributed by atoms with Crippen LogP contribution in [0.3, 0.4) is 0 Å². The van der Waals surface area contributed by atoms with E-state index in [1.807, 2.05) is 29.2 Å². The van der Waals surface area contributed by atoms with Gasteiger partial charge in [0.25, 0.3) is 5.91 Å². The van der Waals surface area contributed by atoms with Gasteiger partial charge in [-0.1, -0.05) is 29.5 Å². The number of fused-ring (bicyclic) bond motifs is 9. The minimum Gasteiger partial charge on any atom is -0.483 e. The fourth-order valence-electron chi connectivity index (χ4n) is 8.12. The Morgan fingerprint density at radius 1 is 1.07 bits per heavy atom. The predicted octanol–water partition coefficient (Wildman–Crippen LogP) is 2.77. The smallest absolute Gasteiger partial charge is 0.326 e. The first-order valence-corrected chi connectivity index (χ1v) is 15.9. The summed E-state index contributed by atoms with van der Waals surface area (Å²) in [5.74, 6) is -3.10. The van der Waals surface area contributed by atoms with Gasteiger partial charge in [0.15, 0.2) is 6.61 Å². The number of para-hydroxylation sites is 1. The third-order valence-corrected chi connectivity index (χ3v) is 12.4. The maximum Gasteiger partial charge on any atom is 0.326 e. The van der Waals surface area contributed by atoms with Crippen LogP contribution in [0, 0.1) is 29.6 Å². The Labute approximate surface area is 244 Å². The Balaban J connectivity index is 1.24. The van der Waals surface area contributed by atoms with Gasteiger partial charge in [0.05, 0.1) is 16.9 Å². The Morgan fingerprint density at radius 2 is 1.78 bits per heavy atom. The van der Waals surface area contributed by atoms with E-state index in [9.17, 15) is 29.1 Å². The Bertz CT molecular complexity index is 1500. The van der Waals surface area contributed by atoms with Gasteiger partial charge in [0, 0.05) is 34.7 Å². The third-order valence-electron chi connectivity index (χ3n) is 9.82. The standard InChI is InChI=1S/C29H31N3O7S2/c1-13(28(36)37)32-26(34)21-15-11-16(22(21)27(32)35)23-20(15)19(24-25(40-23)30-29(38)41-24)14-7-3-4-8-17(14)39-12-18(33)31-9-5-2-6-10-31/h3-4,7-8,13,15-16,19-23H,2,5-6,9-12H2,1H3,(H,30,38)(H,36,37)/t13?,15?,16?,19-,20?,21?,22?,23?/m1/s1. The number of nitrogens with one attached hydrogen (secondary N) is 1. The number of imide groups is 1. The normalized spacial score (nSPS) is 32.5. The summed E-state index contributed by atoms with van der Waals surface area (Å²) in [5.41, 5.74) is 0.863. The van der Waals surface area contributed by atoms with E-state index in [1.54, 1.807) is 11.8 Å². The van der Waals surface area contributed by atoms with Crippen LogP contribution in [0.5, 0.6) is 5.75 Å². The number of nitrogens with zero attached hydrogens (tertiary/aromatic N) is 2. The largest absolute Gasteiger partial charge is 0.483 e. The van der Waals surface area contributed by atoms with Crippen LogP contribution in [0.25, 0.3) is 0 Å². The van der Waals surface area contributed by atoms with Crippen LogP contribution in [0.4, 0.5) is 0 Å². The Morgan fingerprint density at radius 3 is 2.51 bits per heavy atom. The molecule has 41 heavy (non-hydrogen) atoms. The lowest BCUT2D eigenvalue weighted by atomic mass is 9.68. The number of thiazole rings is 1. The average Bonchev–Trinajstić information content (AvgIpc) is 3.70. The van der Waals surface area contributed by atoms with E-state index in [4.69, 9.17) is 4.74 Å². The number of likely N-dealkylation sites (tertiary alicyclic amines) is 2. The summed E-state index contributed by atoms with van der Waals surface area (Å²) < 4.78 is 6.18. The van der Waals surface area contributed by atoms with Gasteiger partial charge in [-0.15, -0.1) is 11.8 Å². The second-order valence-corrected chi connectivity index (χ2v) is 14.0. The second-order valence-electron chi connectivity index (χ2n) is 11.8. The lowest BCUT2D eigenvalue weighted by molar-refractivity contribution is -0.154. The fourth-order valence-corrected chi connectivity index (χ4v) is 11.0. The summed E-state index contributed by atoms with van der Waals surface area (Å²) in [5, 5.41) is 10.3. The van der Waals surface area contributed by atoms with Crippen LogP contribution in [-0.2, 0) is 19.2 Å². The van der Waals surface area contributed by atoms with Crippen molar-refractivity contribution < 1.29 is 29.0 Å². The number of aromatic amines is 1. The lowest BCUT2D eigenvalue weighted by Gasteiger charge is -2.43. The van der Waals surface area contributed by atoms with E-state index in [0.717, 1.165) is 64.1 Å². The highest BCUT2D eigenvalue weighted by Crippen LogP contribution is 2.69. The molecule has 3 aliphatic heterocycles. The van der Waals surface area contributed by atoms with Crippen LogP contribution in [0.2, 0.25) is 0 Å². The topological polar surface area (TPSA) is 137 Å². The lowest BCUT2D eigenvalue weighted by Crippen LogP contribution is -2.44. The van der Waals surface area contributed by atoms with Crippen molar-refractivity contribution in [3.05, 3.63) is 44.4 Å². The van der Waals surface area contributed by atoms with Gasteiger partial charge >= 0.3 is 10.8 Å². The van der Waals surface area contributed by atoms with Crippen LogP contribution in [0.15, 0.2) is 34.1 Å². The number of piperidine rings is 1. The summed E-state index contributed by atoms with van der Waals surface area (Å²) in [6.07, 6.45) is 3.82. The van der Waals surface area contributed by atoms with Crippen molar-refractivity contribution in [3.8, 4) is 5.75 Å². The molecule has 4 heterocycles. The van der Waals surface area contributed by atoms with Gasteiger partial charge in [-0.2, -0.15) is 0 Å². The highest BCUT2D eigenvalue weighted by molar-refractivity contribution is 8.00. The molecule has 0 radical (unpaired) electrons. The molecule has 7 unspecified atom stereocenters. The van der Waals surface area contributed by atoms with Gasteiger partial charge in [-0.05, 0) is 56.4 Å². The van der Waals surface area contributed by atoms with Gasteiger partial charge in [-0.3, -0.25) is 24.1 Å². The number of carboxylic acid groups (broad SMARTS) is 1. The first-order chi connectivity index (χ1) is 19.8. The summed E-state index contributed by atoms with van der Waals surface area (Å²) in [4.78, 5) is 70.8. The number of ether oxygens (including phenoxy) is 1. The van der Waals surface area contributed by atoms with Crippen LogP contribution < -0.4 is 9.61 Å². The highest BCUT2D eigenvalue weighted by atomic mass is 32.2. The van der Waals surface area contributed by atoms with Crippen molar-refractivity contribution in [2.24, 2.45) is 29.6 Å². The number of aliphatic carboxylic acids is 1. The van der Waals surface area contributed by atoms with Crippen LogP contribution in [0.1, 0.15) is 49.0 Å². The van der Waals surface area contributed by atoms with Gasteiger partial charge < -0.3 is 19.7 Å². The van der Waals surface area contributed by atoms with Gasteiger partial charge in [-0.25, -0.2) is 4.79 Å². The molecule has 7 rings (SSSR count). The second kappa shape index (κ2) is 10.0. The quantitative estimate of drug-likeness (QED) is 0.485. The Hall–Kier alpha value is -3.12. The highest BCUT2D eigenvalue weighted by Gasteiger charge is 2.70. The number of benzene rings is 1. The zero-order valence-electron chi connectivity index (χ0n) is 22.5. The monoisotopic (exact) mass is 597 g/mol. The van der Waals surface area contributed by atoms with E-state index in [-0.39, 0.29) is 52.2 Å². The molecule has 12 heteroatoms. The number of hydrogen-bond donors (Lipinski definition) is 2. The fraction of sp³-hybridized carbons (Fsp3) is 0.552. The SMILES string of the molecule is CC(C(=O)O)N1C(=O)C2C3CC(C2C1=O)C1C3Sc2[nH]c(=O)sc2[C@@H]1c1ccccc1OCC(=O)N1CCCCC1. The number of carbonyl (C=O) groups is 4. The Kier molecular flexibility index (Phi) is 6.53. The molecule has 5 aliphatic rings. The van der Waals surface area contributed by atoms with Gasteiger partial charge in [0.2, 0.25) is 11.8 Å². The molecule has 2 N–H and O–H groups in total. The predicted molar refractivity (Wildman–Crippen MR) is 150 cm³/mol. The molecule has 2 aromatic rings. The van der Waals surface area contributed by atoms with Crippen molar-refractivity contribution >= 4 is 46.8 Å². The van der Waals surface area contributed by atoms with E-state index in [1.165, 1.54) is 6.92 Å². The number of aromatic nitrogens is 1. The first kappa shape index (κ1) is 26.8. The van der Waals surface area contributed by atoms with Crippen molar-refractivity contribution in [1.82, 2.24) is 14.8 Å². The summed E-state index contributed by atoms with van der Waals surface area (Å²) in [6, 6.07) is 6.38. The number of carbonyl (C=O) groups excluding carboxylic acids is 3. The molecule has 2 saturated heterocycles. The third kappa shape index (κ3) is 4.08. The zero-order valence-corrected chi connectivity index (χ0v) is 24.1. The summed E-state index contributed by atoms with van der Waals surface area (Å²) in [6.45, 7) is 2.79. The van der Waals surface area contributed by atoms with Gasteiger partial charge in [0.1, 0.15) is 11.8 Å². The summed E-state index contributed by atoms with van der Waals surface area (Å²) in [7, 11) is 0. The number of H-pyrrole nitrogens is 1. The molecular weight excluding hydrogens is 566 g/mol. The minimum atomic E-state index is -1.21. The molecule has 10 nitrogen and oxygen atoms in total. The molecule has 1 aromatic carbocycles. The van der Waals surface area contributed by atoms with Crippen LogP contribution in [-0.4, -0.2) is 74.6 Å². The van der Waals surface area contributed by atoms with E-state index < -0.39 is 29.8 Å².